The maximum absolute atomic E-state index is 9.29. The summed E-state index contributed by atoms with van der Waals surface area (Å²) in [5, 5.41) is 13.2. The van der Waals surface area contributed by atoms with Gasteiger partial charge in [-0.05, 0) is 13.2 Å². The van der Waals surface area contributed by atoms with Crippen molar-refractivity contribution in [3.8, 4) is 0 Å². The van der Waals surface area contributed by atoms with Gasteiger partial charge in [0.2, 0.25) is 0 Å². The Balaban J connectivity index is 2.60. The molecular weight excluding hydrogens is 260 g/mol. The monoisotopic (exact) mass is 274 g/mol. The normalized spacial score (nSPS) is 11.6. The minimum Gasteiger partial charge on any atom is -0.410 e. The Morgan fingerprint density at radius 2 is 1.95 bits per heavy atom. The molecule has 0 fully saturated rings. The first-order valence-corrected chi connectivity index (χ1v) is 6.85. The van der Waals surface area contributed by atoms with E-state index < -0.39 is 0 Å². The molecule has 2 aromatic rings. The van der Waals surface area contributed by atoms with Crippen LogP contribution >= 0.6 is 11.8 Å². The molecular formula is C13H14N4OS. The van der Waals surface area contributed by atoms with Crippen LogP contribution in [0.4, 0.5) is 5.82 Å². The average Bonchev–Trinajstić information content (AvgIpc) is 2.45. The van der Waals surface area contributed by atoms with Gasteiger partial charge in [0.1, 0.15) is 17.2 Å². The van der Waals surface area contributed by atoms with E-state index in [0.717, 1.165) is 5.56 Å². The van der Waals surface area contributed by atoms with Crippen molar-refractivity contribution < 1.29 is 5.21 Å². The summed E-state index contributed by atoms with van der Waals surface area (Å²) in [6.45, 7) is 1.81. The van der Waals surface area contributed by atoms with E-state index in [1.165, 1.54) is 11.8 Å². The third-order valence-electron chi connectivity index (χ3n) is 2.72. The molecule has 2 rings (SSSR count). The van der Waals surface area contributed by atoms with E-state index in [-0.39, 0.29) is 0 Å². The molecule has 6 heteroatoms. The Kier molecular flexibility index (Phi) is 4.01. The Morgan fingerprint density at radius 1 is 1.26 bits per heavy atom. The summed E-state index contributed by atoms with van der Waals surface area (Å²) >= 11 is 1.39. The molecule has 5 nitrogen and oxygen atoms in total. The minimum atomic E-state index is 0.391. The maximum atomic E-state index is 9.29. The van der Waals surface area contributed by atoms with Crippen LogP contribution in [0.25, 0.3) is 0 Å². The highest BCUT2D eigenvalue weighted by Gasteiger charge is 2.16. The van der Waals surface area contributed by atoms with E-state index >= 15 is 0 Å². The highest BCUT2D eigenvalue weighted by molar-refractivity contribution is 7.98. The minimum absolute atomic E-state index is 0.391. The number of nitrogen functional groups attached to an aromatic ring is 1. The number of benzene rings is 1. The lowest BCUT2D eigenvalue weighted by molar-refractivity contribution is 0.319. The summed E-state index contributed by atoms with van der Waals surface area (Å²) in [5.41, 5.74) is 8.28. The van der Waals surface area contributed by atoms with Gasteiger partial charge in [-0.25, -0.2) is 9.97 Å². The summed E-state index contributed by atoms with van der Waals surface area (Å²) in [6, 6.07) is 9.34. The van der Waals surface area contributed by atoms with Gasteiger partial charge in [0, 0.05) is 11.1 Å². The lowest BCUT2D eigenvalue weighted by Gasteiger charge is -2.10. The summed E-state index contributed by atoms with van der Waals surface area (Å²) in [6.07, 6.45) is 1.87. The highest BCUT2D eigenvalue weighted by atomic mass is 32.2. The van der Waals surface area contributed by atoms with Crippen LogP contribution in [-0.4, -0.2) is 27.1 Å². The molecule has 0 aliphatic heterocycles. The quantitative estimate of drug-likeness (QED) is 0.295. The number of oxime groups is 1. The van der Waals surface area contributed by atoms with Gasteiger partial charge >= 0.3 is 0 Å². The molecule has 0 unspecified atom stereocenters. The largest absolute Gasteiger partial charge is 0.410 e. The van der Waals surface area contributed by atoms with Gasteiger partial charge in [-0.3, -0.25) is 0 Å². The zero-order chi connectivity index (χ0) is 13.8. The molecule has 0 radical (unpaired) electrons. The number of anilines is 1. The SMILES string of the molecule is CSc1nc(N)c(C)c(/C(=N\O)c2ccccc2)n1. The summed E-state index contributed by atoms with van der Waals surface area (Å²) in [5.74, 6) is 0.395. The Labute approximate surface area is 115 Å². The fourth-order valence-electron chi connectivity index (χ4n) is 1.67. The molecule has 3 N–H and O–H groups in total. The van der Waals surface area contributed by atoms with Crippen LogP contribution in [0.1, 0.15) is 16.8 Å². The molecule has 98 valence electrons. The molecule has 1 heterocycles. The van der Waals surface area contributed by atoms with Gasteiger partial charge in [-0.15, -0.1) is 0 Å². The molecule has 0 aliphatic rings. The molecule has 0 bridgehead atoms. The first-order valence-electron chi connectivity index (χ1n) is 5.63. The third kappa shape index (κ3) is 2.68. The van der Waals surface area contributed by atoms with Crippen LogP contribution < -0.4 is 5.73 Å². The lowest BCUT2D eigenvalue weighted by Crippen LogP contribution is -2.12. The summed E-state index contributed by atoms with van der Waals surface area (Å²) in [4.78, 5) is 8.54. The Bertz CT molecular complexity index is 614. The van der Waals surface area contributed by atoms with Crippen molar-refractivity contribution in [1.29, 1.82) is 0 Å². The van der Waals surface area contributed by atoms with Crippen molar-refractivity contribution in [1.82, 2.24) is 9.97 Å². The fraction of sp³-hybridized carbons (Fsp3) is 0.154. The predicted molar refractivity (Wildman–Crippen MR) is 76.8 cm³/mol. The van der Waals surface area contributed by atoms with E-state index in [4.69, 9.17) is 5.73 Å². The molecule has 1 aromatic heterocycles. The van der Waals surface area contributed by atoms with Crippen LogP contribution in [0.15, 0.2) is 40.6 Å². The fourth-order valence-corrected chi connectivity index (χ4v) is 2.04. The second-order valence-corrected chi connectivity index (χ2v) is 4.66. The first-order chi connectivity index (χ1) is 9.17. The average molecular weight is 274 g/mol. The lowest BCUT2D eigenvalue weighted by atomic mass is 10.0. The molecule has 0 saturated carbocycles. The van der Waals surface area contributed by atoms with Crippen molar-refractivity contribution in [3.05, 3.63) is 47.2 Å². The second kappa shape index (κ2) is 5.71. The molecule has 0 atom stereocenters. The van der Waals surface area contributed by atoms with E-state index in [1.807, 2.05) is 43.5 Å². The van der Waals surface area contributed by atoms with Gasteiger partial charge in [0.15, 0.2) is 5.16 Å². The van der Waals surface area contributed by atoms with E-state index in [2.05, 4.69) is 15.1 Å². The van der Waals surface area contributed by atoms with Crippen molar-refractivity contribution in [2.45, 2.75) is 12.1 Å². The van der Waals surface area contributed by atoms with Crippen LogP contribution in [0.3, 0.4) is 0 Å². The molecule has 1 aromatic carbocycles. The highest BCUT2D eigenvalue weighted by Crippen LogP contribution is 2.20. The van der Waals surface area contributed by atoms with Gasteiger partial charge in [0.25, 0.3) is 0 Å². The zero-order valence-corrected chi connectivity index (χ0v) is 11.5. The summed E-state index contributed by atoms with van der Waals surface area (Å²) in [7, 11) is 0. The van der Waals surface area contributed by atoms with Crippen LogP contribution in [0, 0.1) is 6.92 Å². The standard InChI is InChI=1S/C13H14N4OS/c1-8-10(15-13(19-2)16-12(8)14)11(17-18)9-6-4-3-5-7-9/h3-7,18H,1-2H3,(H2,14,15,16)/b17-11-. The molecule has 0 spiro atoms. The number of nitrogens with two attached hydrogens (primary N) is 1. The number of hydrogen-bond donors (Lipinski definition) is 2. The van der Waals surface area contributed by atoms with E-state index in [9.17, 15) is 5.21 Å². The maximum Gasteiger partial charge on any atom is 0.189 e. The molecule has 0 amide bonds. The van der Waals surface area contributed by atoms with Crippen molar-refractivity contribution in [2.75, 3.05) is 12.0 Å². The molecule has 0 saturated heterocycles. The van der Waals surface area contributed by atoms with Crippen LogP contribution in [0.2, 0.25) is 0 Å². The van der Waals surface area contributed by atoms with Gasteiger partial charge in [-0.1, -0.05) is 47.2 Å². The Hall–Kier alpha value is -2.08. The third-order valence-corrected chi connectivity index (χ3v) is 3.26. The van der Waals surface area contributed by atoms with Gasteiger partial charge in [0.05, 0.1) is 0 Å². The van der Waals surface area contributed by atoms with Crippen LogP contribution in [0.5, 0.6) is 0 Å². The molecule has 0 aliphatic carbocycles. The number of rotatable bonds is 3. The number of hydrogen-bond acceptors (Lipinski definition) is 6. The first kappa shape index (κ1) is 13.4. The Morgan fingerprint density at radius 3 is 2.53 bits per heavy atom. The van der Waals surface area contributed by atoms with Crippen molar-refractivity contribution in [2.24, 2.45) is 5.16 Å². The number of nitrogens with zero attached hydrogens (tertiary/aromatic N) is 3. The van der Waals surface area contributed by atoms with Crippen molar-refractivity contribution in [3.63, 3.8) is 0 Å². The predicted octanol–water partition coefficient (Wildman–Crippen LogP) is 2.32. The van der Waals surface area contributed by atoms with E-state index in [1.54, 1.807) is 0 Å². The number of aromatic nitrogens is 2. The number of thioether (sulfide) groups is 1. The van der Waals surface area contributed by atoms with Gasteiger partial charge in [-0.2, -0.15) is 0 Å². The van der Waals surface area contributed by atoms with E-state index in [0.29, 0.717) is 27.9 Å². The second-order valence-electron chi connectivity index (χ2n) is 3.88. The smallest absolute Gasteiger partial charge is 0.189 e. The topological polar surface area (TPSA) is 84.4 Å². The van der Waals surface area contributed by atoms with Gasteiger partial charge < -0.3 is 10.9 Å². The summed E-state index contributed by atoms with van der Waals surface area (Å²) < 4.78 is 0. The zero-order valence-electron chi connectivity index (χ0n) is 10.7. The molecule has 19 heavy (non-hydrogen) atoms. The van der Waals surface area contributed by atoms with Crippen molar-refractivity contribution >= 4 is 23.3 Å². The van der Waals surface area contributed by atoms with Crippen LogP contribution in [-0.2, 0) is 0 Å².